The molecule has 0 radical (unpaired) electrons. The molecule has 0 aliphatic heterocycles. The summed E-state index contributed by atoms with van der Waals surface area (Å²) in [6, 6.07) is 0. The highest BCUT2D eigenvalue weighted by Gasteiger charge is 2.68. The van der Waals surface area contributed by atoms with Crippen LogP contribution in [0.3, 0.4) is 0 Å². The Hall–Kier alpha value is -1.65. The fourth-order valence-electron chi connectivity index (χ4n) is 10.1. The number of esters is 2. The second-order valence-corrected chi connectivity index (χ2v) is 15.3. The van der Waals surface area contributed by atoms with Crippen LogP contribution in [0.4, 0.5) is 0 Å². The lowest BCUT2D eigenvalue weighted by molar-refractivity contribution is -0.172. The average molecular weight is 543 g/mol. The molecule has 0 unspecified atom stereocenters. The summed E-state index contributed by atoms with van der Waals surface area (Å²) in [6.45, 7) is 21.3. The molecule has 5 heteroatoms. The number of Topliss-reactive ketones (excluding diaryl/α,β-unsaturated/α-hetero) is 1. The van der Waals surface area contributed by atoms with Crippen LogP contribution in [0, 0.1) is 45.3 Å². The van der Waals surface area contributed by atoms with Gasteiger partial charge in [0.1, 0.15) is 12.2 Å². The van der Waals surface area contributed by atoms with Crippen LogP contribution in [0.15, 0.2) is 11.1 Å². The molecule has 39 heavy (non-hydrogen) atoms. The predicted molar refractivity (Wildman–Crippen MR) is 154 cm³/mol. The van der Waals surface area contributed by atoms with Gasteiger partial charge in [0, 0.05) is 36.7 Å². The second-order valence-electron chi connectivity index (χ2n) is 15.3. The van der Waals surface area contributed by atoms with Crippen molar-refractivity contribution < 1.29 is 23.9 Å². The minimum atomic E-state index is -0.378. The zero-order chi connectivity index (χ0) is 29.1. The molecule has 0 aromatic rings. The first-order chi connectivity index (χ1) is 18.0. The molecule has 0 aromatic carbocycles. The summed E-state index contributed by atoms with van der Waals surface area (Å²) in [5.74, 6) is 1.48. The van der Waals surface area contributed by atoms with E-state index < -0.39 is 0 Å². The Labute approximate surface area is 237 Å². The normalized spacial score (nSPS) is 40.0. The van der Waals surface area contributed by atoms with Gasteiger partial charge in [-0.2, -0.15) is 0 Å². The average Bonchev–Trinajstić information content (AvgIpc) is 3.07. The van der Waals surface area contributed by atoms with E-state index in [1.807, 2.05) is 0 Å². The number of hydrogen-bond acceptors (Lipinski definition) is 5. The quantitative estimate of drug-likeness (QED) is 0.306. The van der Waals surface area contributed by atoms with Crippen LogP contribution in [0.5, 0.6) is 0 Å². The molecule has 8 atom stereocenters. The van der Waals surface area contributed by atoms with Gasteiger partial charge < -0.3 is 9.47 Å². The highest BCUT2D eigenvalue weighted by molar-refractivity contribution is 6.00. The minimum Gasteiger partial charge on any atom is -0.462 e. The molecule has 0 heterocycles. The van der Waals surface area contributed by atoms with Crippen molar-refractivity contribution in [3.63, 3.8) is 0 Å². The van der Waals surface area contributed by atoms with Crippen molar-refractivity contribution in [2.75, 3.05) is 0 Å². The standard InChI is InChI=1S/C34H54O5/c1-20(2)12-11-13-21(3)24-14-17-33(9)29-25(37)18-27-31(6,7)28(39-23(5)36)15-16-32(27,8)30(29)26(38-22(4)35)19-34(24,33)10/h20-21,24,26-28H,11-19H2,1-10H3/t21-,24-,26+,27+,28+,32+,33+,34-/m1/s1. The number of fused-ring (bicyclic) bond motifs is 4. The molecule has 0 amide bonds. The zero-order valence-corrected chi connectivity index (χ0v) is 26.4. The molecule has 220 valence electrons. The van der Waals surface area contributed by atoms with Gasteiger partial charge in [-0.15, -0.1) is 0 Å². The zero-order valence-electron chi connectivity index (χ0n) is 26.4. The Kier molecular flexibility index (Phi) is 8.02. The summed E-state index contributed by atoms with van der Waals surface area (Å²) in [4.78, 5) is 38.9. The SMILES string of the molecule is CC(=O)O[C@H]1C[C@]2(C)[C@@H]([C@H](C)CCCC(C)C)CC[C@@]2(C)C2=C1[C@@]1(C)CC[C@H](OC(C)=O)C(C)(C)[C@@H]1CC2=O. The Balaban J connectivity index is 1.80. The third-order valence-corrected chi connectivity index (χ3v) is 12.2. The van der Waals surface area contributed by atoms with Gasteiger partial charge in [-0.3, -0.25) is 14.4 Å². The molecule has 4 rings (SSSR count). The van der Waals surface area contributed by atoms with Gasteiger partial charge in [-0.1, -0.05) is 74.7 Å². The van der Waals surface area contributed by atoms with E-state index in [-0.39, 0.29) is 57.5 Å². The Morgan fingerprint density at radius 2 is 1.56 bits per heavy atom. The van der Waals surface area contributed by atoms with Crippen molar-refractivity contribution >= 4 is 17.7 Å². The van der Waals surface area contributed by atoms with Gasteiger partial charge in [-0.25, -0.2) is 0 Å². The van der Waals surface area contributed by atoms with E-state index >= 15 is 0 Å². The number of ether oxygens (including phenoxy) is 2. The Morgan fingerprint density at radius 3 is 2.15 bits per heavy atom. The molecule has 2 saturated carbocycles. The fourth-order valence-corrected chi connectivity index (χ4v) is 10.1. The van der Waals surface area contributed by atoms with Crippen molar-refractivity contribution in [3.8, 4) is 0 Å². The van der Waals surface area contributed by atoms with Crippen molar-refractivity contribution in [2.24, 2.45) is 45.3 Å². The lowest BCUT2D eigenvalue weighted by atomic mass is 9.42. The lowest BCUT2D eigenvalue weighted by Gasteiger charge is -2.62. The fraction of sp³-hybridized carbons (Fsp3) is 0.853. The van der Waals surface area contributed by atoms with Gasteiger partial charge >= 0.3 is 11.9 Å². The molecular weight excluding hydrogens is 488 g/mol. The summed E-state index contributed by atoms with van der Waals surface area (Å²) in [5, 5.41) is 0. The number of hydrogen-bond donors (Lipinski definition) is 0. The summed E-state index contributed by atoms with van der Waals surface area (Å²) in [6.07, 6.45) is 8.05. The molecule has 0 N–H and O–H groups in total. The number of carbonyl (C=O) groups is 3. The highest BCUT2D eigenvalue weighted by Crippen LogP contribution is 2.72. The maximum absolute atomic E-state index is 14.4. The van der Waals surface area contributed by atoms with Gasteiger partial charge in [0.05, 0.1) is 0 Å². The van der Waals surface area contributed by atoms with E-state index in [0.29, 0.717) is 24.2 Å². The number of ketones is 1. The first-order valence-corrected chi connectivity index (χ1v) is 15.6. The molecule has 0 saturated heterocycles. The molecule has 4 aliphatic rings. The van der Waals surface area contributed by atoms with Crippen molar-refractivity contribution in [2.45, 2.75) is 139 Å². The third-order valence-electron chi connectivity index (χ3n) is 12.2. The molecule has 5 nitrogen and oxygen atoms in total. The molecule has 2 fully saturated rings. The van der Waals surface area contributed by atoms with Crippen molar-refractivity contribution in [3.05, 3.63) is 11.1 Å². The van der Waals surface area contributed by atoms with Crippen LogP contribution >= 0.6 is 0 Å². The number of carbonyl (C=O) groups excluding carboxylic acids is 3. The Bertz CT molecular complexity index is 1040. The van der Waals surface area contributed by atoms with E-state index in [1.54, 1.807) is 0 Å². The lowest BCUT2D eigenvalue weighted by Crippen LogP contribution is -2.60. The van der Waals surface area contributed by atoms with Crippen LogP contribution in [0.2, 0.25) is 0 Å². The van der Waals surface area contributed by atoms with Crippen LogP contribution in [-0.2, 0) is 23.9 Å². The van der Waals surface area contributed by atoms with E-state index in [9.17, 15) is 14.4 Å². The smallest absolute Gasteiger partial charge is 0.303 e. The number of allylic oxidation sites excluding steroid dienone is 1. The largest absolute Gasteiger partial charge is 0.462 e. The van der Waals surface area contributed by atoms with Crippen molar-refractivity contribution in [1.29, 1.82) is 0 Å². The summed E-state index contributed by atoms with van der Waals surface area (Å²) in [7, 11) is 0. The van der Waals surface area contributed by atoms with Gasteiger partial charge in [-0.05, 0) is 72.2 Å². The van der Waals surface area contributed by atoms with Gasteiger partial charge in [0.2, 0.25) is 0 Å². The van der Waals surface area contributed by atoms with E-state index in [0.717, 1.165) is 43.3 Å². The van der Waals surface area contributed by atoms with Gasteiger partial charge in [0.15, 0.2) is 5.78 Å². The van der Waals surface area contributed by atoms with Crippen LogP contribution < -0.4 is 0 Å². The van der Waals surface area contributed by atoms with Crippen LogP contribution in [-0.4, -0.2) is 29.9 Å². The van der Waals surface area contributed by atoms with E-state index in [2.05, 4.69) is 55.4 Å². The maximum Gasteiger partial charge on any atom is 0.303 e. The summed E-state index contributed by atoms with van der Waals surface area (Å²) >= 11 is 0. The number of rotatable bonds is 7. The second kappa shape index (κ2) is 10.3. The molecule has 0 spiro atoms. The van der Waals surface area contributed by atoms with Crippen molar-refractivity contribution in [1.82, 2.24) is 0 Å². The topological polar surface area (TPSA) is 69.7 Å². The summed E-state index contributed by atoms with van der Waals surface area (Å²) in [5.41, 5.74) is 1.11. The van der Waals surface area contributed by atoms with Crippen LogP contribution in [0.1, 0.15) is 127 Å². The molecule has 0 bridgehead atoms. The molecular formula is C34H54O5. The van der Waals surface area contributed by atoms with Gasteiger partial charge in [0.25, 0.3) is 0 Å². The third kappa shape index (κ3) is 4.82. The molecule has 4 aliphatic carbocycles. The highest BCUT2D eigenvalue weighted by atomic mass is 16.5. The predicted octanol–water partition coefficient (Wildman–Crippen LogP) is 7.85. The monoisotopic (exact) mass is 542 g/mol. The van der Waals surface area contributed by atoms with Crippen LogP contribution in [0.25, 0.3) is 0 Å². The Morgan fingerprint density at radius 1 is 0.923 bits per heavy atom. The first-order valence-electron chi connectivity index (χ1n) is 15.6. The maximum atomic E-state index is 14.4. The minimum absolute atomic E-state index is 0.0209. The van der Waals surface area contributed by atoms with E-state index in [4.69, 9.17) is 9.47 Å². The van der Waals surface area contributed by atoms with E-state index in [1.165, 1.54) is 33.1 Å². The first kappa shape index (κ1) is 30.3. The summed E-state index contributed by atoms with van der Waals surface area (Å²) < 4.78 is 12.0. The molecule has 0 aromatic heterocycles.